The van der Waals surface area contributed by atoms with Crippen molar-refractivity contribution in [2.75, 3.05) is 0 Å². The number of aromatic amines is 2. The van der Waals surface area contributed by atoms with Gasteiger partial charge in [0, 0.05) is 10.6 Å². The Morgan fingerprint density at radius 1 is 1.11 bits per heavy atom. The maximum Gasteiger partial charge on any atom is 0.306 e. The van der Waals surface area contributed by atoms with Crippen molar-refractivity contribution in [2.45, 2.75) is 0 Å². The molecule has 2 N–H and O–H groups in total. The molecule has 1 aromatic carbocycles. The molecule has 0 amide bonds. The van der Waals surface area contributed by atoms with Gasteiger partial charge < -0.3 is 9.51 Å². The predicted octanol–water partition coefficient (Wildman–Crippen LogP) is 1.52. The number of nitrogens with one attached hydrogen (secondary N) is 2. The first-order valence-electron chi connectivity index (χ1n) is 5.02. The first-order chi connectivity index (χ1) is 8.65. The molecular formula is C11H6ClN3O3. The maximum atomic E-state index is 11.7. The molecule has 0 bridgehead atoms. The lowest BCUT2D eigenvalue weighted by molar-refractivity contribution is 0.446. The molecule has 0 radical (unpaired) electrons. The highest BCUT2D eigenvalue weighted by Gasteiger charge is 2.12. The number of H-pyrrole nitrogens is 2. The number of fused-ring (bicyclic) bond motifs is 1. The van der Waals surface area contributed by atoms with E-state index in [4.69, 9.17) is 16.1 Å². The number of aromatic nitrogens is 3. The lowest BCUT2D eigenvalue weighted by Gasteiger charge is -1.99. The lowest BCUT2D eigenvalue weighted by Crippen LogP contribution is -2.11. The lowest BCUT2D eigenvalue weighted by atomic mass is 10.2. The van der Waals surface area contributed by atoms with Gasteiger partial charge in [-0.15, -0.1) is 0 Å². The van der Waals surface area contributed by atoms with Crippen LogP contribution in [0.25, 0.3) is 22.5 Å². The molecule has 0 saturated carbocycles. The second kappa shape index (κ2) is 3.85. The fraction of sp³-hybridized carbons (Fsp3) is 0. The number of rotatable bonds is 1. The third-order valence-electron chi connectivity index (χ3n) is 2.46. The monoisotopic (exact) mass is 263 g/mol. The van der Waals surface area contributed by atoms with Crippen LogP contribution >= 0.6 is 11.6 Å². The quantitative estimate of drug-likeness (QED) is 0.696. The van der Waals surface area contributed by atoms with Crippen LogP contribution in [0, 0.1) is 0 Å². The highest BCUT2D eigenvalue weighted by molar-refractivity contribution is 6.30. The van der Waals surface area contributed by atoms with Gasteiger partial charge in [0.05, 0.1) is 0 Å². The summed E-state index contributed by atoms with van der Waals surface area (Å²) < 4.78 is 4.72. The van der Waals surface area contributed by atoms with E-state index < -0.39 is 11.1 Å². The van der Waals surface area contributed by atoms with Crippen molar-refractivity contribution < 1.29 is 4.52 Å². The van der Waals surface area contributed by atoms with Crippen molar-refractivity contribution in [3.63, 3.8) is 0 Å². The van der Waals surface area contributed by atoms with Crippen LogP contribution in [0.1, 0.15) is 0 Å². The molecule has 0 aliphatic rings. The SMILES string of the molecule is O=c1[nH]oc2c(=O)[nH]c(-c3ccc(Cl)cc3)nc12. The fourth-order valence-electron chi connectivity index (χ4n) is 1.60. The van der Waals surface area contributed by atoms with Gasteiger partial charge in [-0.2, -0.15) is 5.16 Å². The largest absolute Gasteiger partial charge is 0.371 e. The molecule has 0 aliphatic heterocycles. The summed E-state index contributed by atoms with van der Waals surface area (Å²) in [6.07, 6.45) is 0. The topological polar surface area (TPSA) is 91.8 Å². The summed E-state index contributed by atoms with van der Waals surface area (Å²) in [7, 11) is 0. The van der Waals surface area contributed by atoms with Gasteiger partial charge in [0.15, 0.2) is 5.52 Å². The molecule has 0 aliphatic carbocycles. The molecule has 3 rings (SSSR count). The molecule has 90 valence electrons. The molecule has 0 saturated heterocycles. The van der Waals surface area contributed by atoms with Crippen LogP contribution in [-0.2, 0) is 0 Å². The van der Waals surface area contributed by atoms with Crippen LogP contribution in [0.3, 0.4) is 0 Å². The Morgan fingerprint density at radius 3 is 2.56 bits per heavy atom. The average molecular weight is 264 g/mol. The van der Waals surface area contributed by atoms with Gasteiger partial charge >= 0.3 is 5.56 Å². The minimum absolute atomic E-state index is 0.0244. The molecule has 0 unspecified atom stereocenters. The number of benzene rings is 1. The zero-order valence-corrected chi connectivity index (χ0v) is 9.62. The molecule has 0 spiro atoms. The van der Waals surface area contributed by atoms with E-state index in [2.05, 4.69) is 15.1 Å². The van der Waals surface area contributed by atoms with E-state index >= 15 is 0 Å². The van der Waals surface area contributed by atoms with E-state index in [-0.39, 0.29) is 16.9 Å². The Bertz CT molecular complexity index is 829. The van der Waals surface area contributed by atoms with Gasteiger partial charge in [0.1, 0.15) is 5.82 Å². The van der Waals surface area contributed by atoms with Gasteiger partial charge in [-0.05, 0) is 24.3 Å². The molecular weight excluding hydrogens is 258 g/mol. The van der Waals surface area contributed by atoms with Gasteiger partial charge in [-0.1, -0.05) is 11.6 Å². The van der Waals surface area contributed by atoms with E-state index in [1.807, 2.05) is 0 Å². The fourth-order valence-corrected chi connectivity index (χ4v) is 1.73. The number of hydrogen-bond donors (Lipinski definition) is 2. The zero-order chi connectivity index (χ0) is 12.7. The summed E-state index contributed by atoms with van der Waals surface area (Å²) in [5.74, 6) is 0.288. The van der Waals surface area contributed by atoms with Gasteiger partial charge in [0.2, 0.25) is 0 Å². The number of hydrogen-bond acceptors (Lipinski definition) is 4. The van der Waals surface area contributed by atoms with Gasteiger partial charge in [-0.25, -0.2) is 4.98 Å². The van der Waals surface area contributed by atoms with Crippen LogP contribution in [0.2, 0.25) is 5.02 Å². The maximum absolute atomic E-state index is 11.7. The predicted molar refractivity (Wildman–Crippen MR) is 65.7 cm³/mol. The molecule has 18 heavy (non-hydrogen) atoms. The molecule has 0 fully saturated rings. The zero-order valence-electron chi connectivity index (χ0n) is 8.86. The molecule has 2 aromatic heterocycles. The third-order valence-corrected chi connectivity index (χ3v) is 2.71. The molecule has 2 heterocycles. The van der Waals surface area contributed by atoms with Crippen LogP contribution in [-0.4, -0.2) is 15.1 Å². The number of nitrogens with zero attached hydrogens (tertiary/aromatic N) is 1. The second-order valence-electron chi connectivity index (χ2n) is 3.63. The van der Waals surface area contributed by atoms with Gasteiger partial charge in [0.25, 0.3) is 11.1 Å². The highest BCUT2D eigenvalue weighted by Crippen LogP contribution is 2.17. The summed E-state index contributed by atoms with van der Waals surface area (Å²) in [5.41, 5.74) is -0.532. The van der Waals surface area contributed by atoms with Crippen molar-refractivity contribution in [2.24, 2.45) is 0 Å². The first kappa shape index (κ1) is 10.8. The Hall–Kier alpha value is -2.34. The molecule has 3 aromatic rings. The van der Waals surface area contributed by atoms with Crippen molar-refractivity contribution in [3.8, 4) is 11.4 Å². The van der Waals surface area contributed by atoms with E-state index in [9.17, 15) is 9.59 Å². The molecule has 0 atom stereocenters. The van der Waals surface area contributed by atoms with E-state index in [1.54, 1.807) is 24.3 Å². The van der Waals surface area contributed by atoms with Crippen LogP contribution in [0.15, 0.2) is 38.4 Å². The standard InChI is InChI=1S/C11H6ClN3O3/c12-6-3-1-5(2-4-6)9-13-7-8(11(17)14-9)18-15-10(7)16/h1-4H,(H,15,16)(H,13,14,17). The average Bonchev–Trinajstić information content (AvgIpc) is 2.73. The normalized spacial score (nSPS) is 10.9. The highest BCUT2D eigenvalue weighted by atomic mass is 35.5. The van der Waals surface area contributed by atoms with Crippen LogP contribution < -0.4 is 11.1 Å². The van der Waals surface area contributed by atoms with Crippen molar-refractivity contribution in [1.82, 2.24) is 15.1 Å². The summed E-state index contributed by atoms with van der Waals surface area (Å²) in [5, 5.41) is 2.64. The van der Waals surface area contributed by atoms with Gasteiger partial charge in [-0.3, -0.25) is 9.59 Å². The van der Waals surface area contributed by atoms with E-state index in [0.717, 1.165) is 0 Å². The van der Waals surface area contributed by atoms with Crippen molar-refractivity contribution >= 4 is 22.7 Å². The minimum atomic E-state index is -0.536. The molecule has 7 heteroatoms. The minimum Gasteiger partial charge on any atom is -0.371 e. The van der Waals surface area contributed by atoms with E-state index in [1.165, 1.54) is 0 Å². The summed E-state index contributed by atoms with van der Waals surface area (Å²) in [4.78, 5) is 29.7. The summed E-state index contributed by atoms with van der Waals surface area (Å²) in [6.45, 7) is 0. The Morgan fingerprint density at radius 2 is 1.83 bits per heavy atom. The number of halogens is 1. The van der Waals surface area contributed by atoms with E-state index in [0.29, 0.717) is 10.6 Å². The summed E-state index contributed by atoms with van der Waals surface area (Å²) >= 11 is 5.77. The van der Waals surface area contributed by atoms with Crippen molar-refractivity contribution in [1.29, 1.82) is 0 Å². The Labute approximate surface area is 104 Å². The Balaban J connectivity index is 2.30. The first-order valence-corrected chi connectivity index (χ1v) is 5.40. The molecule has 6 nitrogen and oxygen atoms in total. The van der Waals surface area contributed by atoms with Crippen LogP contribution in [0.4, 0.5) is 0 Å². The third kappa shape index (κ3) is 1.63. The van der Waals surface area contributed by atoms with Crippen molar-refractivity contribution in [3.05, 3.63) is 50.0 Å². The van der Waals surface area contributed by atoms with Crippen LogP contribution in [0.5, 0.6) is 0 Å². The second-order valence-corrected chi connectivity index (χ2v) is 4.07. The smallest absolute Gasteiger partial charge is 0.306 e. The summed E-state index contributed by atoms with van der Waals surface area (Å²) in [6, 6.07) is 6.72. The Kier molecular flexibility index (Phi) is 2.31.